The number of nitrogens with one attached hydrogen (secondary N) is 1. The summed E-state index contributed by atoms with van der Waals surface area (Å²) in [4.78, 5) is 26.1. The van der Waals surface area contributed by atoms with Crippen molar-refractivity contribution >= 4 is 11.9 Å². The van der Waals surface area contributed by atoms with Crippen molar-refractivity contribution in [2.75, 3.05) is 6.61 Å². The molecule has 1 atom stereocenters. The van der Waals surface area contributed by atoms with E-state index in [9.17, 15) is 9.59 Å². The molecule has 2 aliphatic carbocycles. The van der Waals surface area contributed by atoms with E-state index in [2.05, 4.69) is 11.4 Å². The highest BCUT2D eigenvalue weighted by Crippen LogP contribution is 2.35. The summed E-state index contributed by atoms with van der Waals surface area (Å²) in [6.07, 6.45) is 3.79. The van der Waals surface area contributed by atoms with Crippen LogP contribution in [0.5, 0.6) is 0 Å². The first-order valence-electron chi connectivity index (χ1n) is 9.77. The molecular weight excluding hydrogens is 338 g/mol. The van der Waals surface area contributed by atoms with E-state index in [1.165, 1.54) is 5.56 Å². The molecule has 0 aromatic heterocycles. The molecule has 0 aliphatic heterocycles. The third-order valence-corrected chi connectivity index (χ3v) is 5.82. The first kappa shape index (κ1) is 17.8. The van der Waals surface area contributed by atoms with Gasteiger partial charge in [-0.25, -0.2) is 4.79 Å². The largest absolute Gasteiger partial charge is 0.464 e. The number of esters is 1. The highest BCUT2D eigenvalue weighted by Gasteiger charge is 2.47. The molecule has 1 unspecified atom stereocenters. The van der Waals surface area contributed by atoms with Crippen molar-refractivity contribution in [2.24, 2.45) is 0 Å². The van der Waals surface area contributed by atoms with E-state index in [1.807, 2.05) is 42.5 Å². The SMILES string of the molecule is CCOC(=O)C1(NC(=O)C2CCCc3ccccc32)Cc2ccccc2C1. The van der Waals surface area contributed by atoms with E-state index in [0.29, 0.717) is 19.4 Å². The Labute approximate surface area is 159 Å². The second kappa shape index (κ2) is 7.18. The van der Waals surface area contributed by atoms with Crippen LogP contribution in [0.15, 0.2) is 48.5 Å². The Balaban J connectivity index is 1.62. The molecule has 2 aliphatic rings. The Morgan fingerprint density at radius 3 is 2.33 bits per heavy atom. The fourth-order valence-corrected chi connectivity index (χ4v) is 4.52. The molecule has 0 spiro atoms. The quantitative estimate of drug-likeness (QED) is 0.848. The lowest BCUT2D eigenvalue weighted by Gasteiger charge is -2.32. The van der Waals surface area contributed by atoms with Crippen LogP contribution in [0.4, 0.5) is 0 Å². The van der Waals surface area contributed by atoms with Crippen molar-refractivity contribution < 1.29 is 14.3 Å². The maximum Gasteiger partial charge on any atom is 0.332 e. The Morgan fingerprint density at radius 2 is 1.67 bits per heavy atom. The molecule has 0 heterocycles. The fourth-order valence-electron chi connectivity index (χ4n) is 4.52. The summed E-state index contributed by atoms with van der Waals surface area (Å²) in [6.45, 7) is 2.10. The number of ether oxygens (including phenoxy) is 1. The van der Waals surface area contributed by atoms with Gasteiger partial charge in [-0.1, -0.05) is 48.5 Å². The predicted octanol–water partition coefficient (Wildman–Crippen LogP) is 3.32. The Morgan fingerprint density at radius 1 is 1.04 bits per heavy atom. The summed E-state index contributed by atoms with van der Waals surface area (Å²) in [7, 11) is 0. The molecule has 4 rings (SSSR count). The number of hydrogen-bond donors (Lipinski definition) is 1. The third kappa shape index (κ3) is 3.25. The minimum atomic E-state index is -0.997. The van der Waals surface area contributed by atoms with Crippen molar-refractivity contribution in [3.8, 4) is 0 Å². The van der Waals surface area contributed by atoms with Gasteiger partial charge in [-0.05, 0) is 48.4 Å². The number of rotatable bonds is 4. The Kier molecular flexibility index (Phi) is 4.73. The molecule has 0 bridgehead atoms. The maximum atomic E-state index is 13.3. The lowest BCUT2D eigenvalue weighted by atomic mass is 9.81. The first-order chi connectivity index (χ1) is 13.1. The van der Waals surface area contributed by atoms with Crippen LogP contribution in [-0.4, -0.2) is 24.0 Å². The Hall–Kier alpha value is -2.62. The first-order valence-corrected chi connectivity index (χ1v) is 9.77. The number of benzene rings is 2. The van der Waals surface area contributed by atoms with Crippen molar-refractivity contribution in [1.82, 2.24) is 5.32 Å². The van der Waals surface area contributed by atoms with Crippen LogP contribution in [0.1, 0.15) is 47.9 Å². The average Bonchev–Trinajstić information content (AvgIpc) is 3.07. The Bertz CT molecular complexity index is 848. The standard InChI is InChI=1S/C23H25NO3/c1-2-27-22(26)23(14-17-9-3-4-10-18(17)15-23)24-21(25)20-13-7-11-16-8-5-6-12-19(16)20/h3-6,8-10,12,20H,2,7,11,13-15H2,1H3,(H,24,25). The number of hydrogen-bond acceptors (Lipinski definition) is 3. The van der Waals surface area contributed by atoms with Gasteiger partial charge < -0.3 is 10.1 Å². The zero-order valence-corrected chi connectivity index (χ0v) is 15.7. The van der Waals surface area contributed by atoms with Crippen LogP contribution in [0.25, 0.3) is 0 Å². The van der Waals surface area contributed by atoms with Gasteiger partial charge in [-0.15, -0.1) is 0 Å². The molecule has 1 amide bonds. The van der Waals surface area contributed by atoms with E-state index in [4.69, 9.17) is 4.74 Å². The fraction of sp³-hybridized carbons (Fsp3) is 0.391. The maximum absolute atomic E-state index is 13.3. The molecule has 2 aromatic rings. The van der Waals surface area contributed by atoms with Crippen molar-refractivity contribution in [1.29, 1.82) is 0 Å². The van der Waals surface area contributed by atoms with E-state index < -0.39 is 5.54 Å². The zero-order valence-electron chi connectivity index (χ0n) is 15.7. The number of aryl methyl sites for hydroxylation is 1. The van der Waals surface area contributed by atoms with Crippen molar-refractivity contribution in [2.45, 2.75) is 50.5 Å². The number of amides is 1. The molecule has 1 N–H and O–H groups in total. The van der Waals surface area contributed by atoms with E-state index >= 15 is 0 Å². The van der Waals surface area contributed by atoms with Crippen LogP contribution in [0.2, 0.25) is 0 Å². The summed E-state index contributed by atoms with van der Waals surface area (Å²) in [5, 5.41) is 3.12. The molecule has 4 heteroatoms. The van der Waals surface area contributed by atoms with Gasteiger partial charge in [0.15, 0.2) is 0 Å². The summed E-state index contributed by atoms with van der Waals surface area (Å²) >= 11 is 0. The zero-order chi connectivity index (χ0) is 18.9. The molecule has 0 saturated carbocycles. The van der Waals surface area contributed by atoms with Crippen LogP contribution in [-0.2, 0) is 33.6 Å². The predicted molar refractivity (Wildman–Crippen MR) is 103 cm³/mol. The average molecular weight is 363 g/mol. The lowest BCUT2D eigenvalue weighted by molar-refractivity contribution is -0.153. The number of carbonyl (C=O) groups is 2. The number of fused-ring (bicyclic) bond motifs is 2. The van der Waals surface area contributed by atoms with Crippen LogP contribution in [0.3, 0.4) is 0 Å². The van der Waals surface area contributed by atoms with Crippen molar-refractivity contribution in [3.63, 3.8) is 0 Å². The molecule has 4 nitrogen and oxygen atoms in total. The summed E-state index contributed by atoms with van der Waals surface area (Å²) in [5.41, 5.74) is 3.55. The van der Waals surface area contributed by atoms with Gasteiger partial charge in [0, 0.05) is 12.8 Å². The van der Waals surface area contributed by atoms with Gasteiger partial charge in [0.1, 0.15) is 5.54 Å². The normalized spacial score (nSPS) is 19.7. The van der Waals surface area contributed by atoms with Gasteiger partial charge in [-0.3, -0.25) is 4.79 Å². The lowest BCUT2D eigenvalue weighted by Crippen LogP contribution is -2.57. The molecule has 27 heavy (non-hydrogen) atoms. The van der Waals surface area contributed by atoms with Gasteiger partial charge in [-0.2, -0.15) is 0 Å². The van der Waals surface area contributed by atoms with Gasteiger partial charge in [0.25, 0.3) is 0 Å². The number of carbonyl (C=O) groups excluding carboxylic acids is 2. The highest BCUT2D eigenvalue weighted by molar-refractivity contribution is 5.92. The van der Waals surface area contributed by atoms with Gasteiger partial charge >= 0.3 is 5.97 Å². The molecule has 0 fully saturated rings. The minimum absolute atomic E-state index is 0.0667. The molecular formula is C23H25NO3. The van der Waals surface area contributed by atoms with E-state index in [-0.39, 0.29) is 17.8 Å². The summed E-state index contributed by atoms with van der Waals surface area (Å²) < 4.78 is 5.36. The topological polar surface area (TPSA) is 55.4 Å². The smallest absolute Gasteiger partial charge is 0.332 e. The second-order valence-corrected chi connectivity index (χ2v) is 7.56. The molecule has 2 aromatic carbocycles. The third-order valence-electron chi connectivity index (χ3n) is 5.82. The van der Waals surface area contributed by atoms with Gasteiger partial charge in [0.2, 0.25) is 5.91 Å². The van der Waals surface area contributed by atoms with Crippen LogP contribution < -0.4 is 5.32 Å². The highest BCUT2D eigenvalue weighted by atomic mass is 16.5. The van der Waals surface area contributed by atoms with Gasteiger partial charge in [0.05, 0.1) is 12.5 Å². The molecule has 140 valence electrons. The van der Waals surface area contributed by atoms with E-state index in [1.54, 1.807) is 6.92 Å². The molecule has 0 saturated heterocycles. The monoisotopic (exact) mass is 363 g/mol. The second-order valence-electron chi connectivity index (χ2n) is 7.56. The van der Waals surface area contributed by atoms with Crippen LogP contribution >= 0.6 is 0 Å². The summed E-state index contributed by atoms with van der Waals surface area (Å²) in [6, 6.07) is 16.1. The van der Waals surface area contributed by atoms with E-state index in [0.717, 1.165) is 36.0 Å². The van der Waals surface area contributed by atoms with Crippen molar-refractivity contribution in [3.05, 3.63) is 70.8 Å². The summed E-state index contributed by atoms with van der Waals surface area (Å²) in [5.74, 6) is -0.605. The van der Waals surface area contributed by atoms with Crippen LogP contribution in [0, 0.1) is 0 Å². The molecule has 0 radical (unpaired) electrons. The minimum Gasteiger partial charge on any atom is -0.464 e.